The van der Waals surface area contributed by atoms with Crippen LogP contribution < -0.4 is 10.1 Å². The average molecular weight is 382 g/mol. The van der Waals surface area contributed by atoms with E-state index >= 15 is 0 Å². The van der Waals surface area contributed by atoms with Crippen LogP contribution in [0.25, 0.3) is 0 Å². The molecule has 0 saturated carbocycles. The minimum absolute atomic E-state index is 0. The first-order valence-corrected chi connectivity index (χ1v) is 8.40. The summed E-state index contributed by atoms with van der Waals surface area (Å²) in [6.07, 6.45) is 3.34. The number of hydrogen-bond donors (Lipinski definition) is 1. The van der Waals surface area contributed by atoms with Gasteiger partial charge < -0.3 is 15.0 Å². The van der Waals surface area contributed by atoms with Crippen molar-refractivity contribution in [3.8, 4) is 5.75 Å². The zero-order valence-corrected chi connectivity index (χ0v) is 15.5. The van der Waals surface area contributed by atoms with Gasteiger partial charge in [0.05, 0.1) is 11.6 Å². The fraction of sp³-hybridized carbons (Fsp3) is 0.562. The molecule has 0 bridgehead atoms. The maximum absolute atomic E-state index is 12.3. The number of benzene rings is 1. The van der Waals surface area contributed by atoms with Crippen LogP contribution in [0.5, 0.6) is 5.75 Å². The summed E-state index contributed by atoms with van der Waals surface area (Å²) in [7, 11) is 1.92. The number of hydrogen-bond acceptors (Lipinski definition) is 3. The van der Waals surface area contributed by atoms with Gasteiger partial charge in [0, 0.05) is 25.6 Å². The third-order valence-corrected chi connectivity index (χ3v) is 4.65. The lowest BCUT2D eigenvalue weighted by molar-refractivity contribution is -0.132. The molecule has 1 heterocycles. The summed E-state index contributed by atoms with van der Waals surface area (Å²) in [6, 6.07) is 5.62. The van der Waals surface area contributed by atoms with Gasteiger partial charge in [-0.05, 0) is 38.4 Å². The second kappa shape index (κ2) is 10.2. The number of nitrogens with zero attached hydrogens (tertiary/aromatic N) is 1. The molecule has 0 aliphatic carbocycles. The van der Waals surface area contributed by atoms with Crippen molar-refractivity contribution in [3.63, 3.8) is 0 Å². The molecule has 0 aromatic heterocycles. The zero-order chi connectivity index (χ0) is 15.9. The maximum atomic E-state index is 12.3. The number of carbonyl (C=O) groups is 1. The van der Waals surface area contributed by atoms with E-state index in [1.807, 2.05) is 11.9 Å². The lowest BCUT2D eigenvalue weighted by Gasteiger charge is -2.24. The van der Waals surface area contributed by atoms with Gasteiger partial charge in [0.25, 0.3) is 0 Å². The molecule has 23 heavy (non-hydrogen) atoms. The van der Waals surface area contributed by atoms with Crippen molar-refractivity contribution < 1.29 is 9.53 Å². The van der Waals surface area contributed by atoms with Gasteiger partial charge in [0.1, 0.15) is 10.8 Å². The number of nitrogens with one attached hydrogen (secondary N) is 1. The van der Waals surface area contributed by atoms with Crippen molar-refractivity contribution in [3.05, 3.63) is 28.2 Å². The normalized spacial score (nSPS) is 17.0. The molecule has 1 fully saturated rings. The Bertz CT molecular complexity index is 514. The molecule has 0 spiro atoms. The van der Waals surface area contributed by atoms with Crippen LogP contribution >= 0.6 is 35.6 Å². The van der Waals surface area contributed by atoms with E-state index in [1.165, 1.54) is 0 Å². The lowest BCUT2D eigenvalue weighted by Crippen LogP contribution is -2.40. The molecule has 1 saturated heterocycles. The summed E-state index contributed by atoms with van der Waals surface area (Å²) >= 11 is 12.0. The van der Waals surface area contributed by atoms with E-state index in [0.717, 1.165) is 25.9 Å². The second-order valence-corrected chi connectivity index (χ2v) is 6.23. The van der Waals surface area contributed by atoms with E-state index in [-0.39, 0.29) is 18.3 Å². The molecule has 1 aromatic rings. The van der Waals surface area contributed by atoms with Gasteiger partial charge in [-0.15, -0.1) is 12.4 Å². The van der Waals surface area contributed by atoms with Crippen LogP contribution in [-0.2, 0) is 4.79 Å². The minimum Gasteiger partial charge on any atom is -0.492 e. The van der Waals surface area contributed by atoms with E-state index in [0.29, 0.717) is 41.3 Å². The van der Waals surface area contributed by atoms with Crippen molar-refractivity contribution in [1.29, 1.82) is 0 Å². The molecule has 1 aliphatic rings. The van der Waals surface area contributed by atoms with Crippen LogP contribution in [0.4, 0.5) is 0 Å². The predicted molar refractivity (Wildman–Crippen MR) is 97.1 cm³/mol. The molecule has 1 unspecified atom stereocenters. The van der Waals surface area contributed by atoms with Crippen LogP contribution in [-0.4, -0.2) is 43.6 Å². The van der Waals surface area contributed by atoms with E-state index in [1.54, 1.807) is 18.2 Å². The van der Waals surface area contributed by atoms with Crippen molar-refractivity contribution in [2.45, 2.75) is 31.7 Å². The molecule has 2 rings (SSSR count). The first-order valence-electron chi connectivity index (χ1n) is 7.64. The topological polar surface area (TPSA) is 41.6 Å². The standard InChI is InChI=1S/C16H22Cl2N2O2.ClH/c1-19-11-12-5-3-9-20(12)15(21)8-4-10-22-14-7-2-6-13(17)16(14)18;/h2,6-7,12,19H,3-5,8-11H2,1H3;1H. The largest absolute Gasteiger partial charge is 0.492 e. The Morgan fingerprint density at radius 1 is 1.43 bits per heavy atom. The highest BCUT2D eigenvalue weighted by atomic mass is 35.5. The predicted octanol–water partition coefficient (Wildman–Crippen LogP) is 3.78. The average Bonchev–Trinajstić information content (AvgIpc) is 2.96. The molecule has 4 nitrogen and oxygen atoms in total. The summed E-state index contributed by atoms with van der Waals surface area (Å²) in [5, 5.41) is 4.04. The number of halogens is 3. The molecule has 0 radical (unpaired) electrons. The fourth-order valence-electron chi connectivity index (χ4n) is 2.76. The van der Waals surface area contributed by atoms with Gasteiger partial charge in [0.2, 0.25) is 5.91 Å². The maximum Gasteiger partial charge on any atom is 0.222 e. The van der Waals surface area contributed by atoms with E-state index in [4.69, 9.17) is 27.9 Å². The summed E-state index contributed by atoms with van der Waals surface area (Å²) in [5.74, 6) is 0.773. The van der Waals surface area contributed by atoms with Crippen LogP contribution in [0.2, 0.25) is 10.0 Å². The van der Waals surface area contributed by atoms with E-state index < -0.39 is 0 Å². The van der Waals surface area contributed by atoms with E-state index in [2.05, 4.69) is 5.32 Å². The molecule has 1 aromatic carbocycles. The van der Waals surface area contributed by atoms with Crippen LogP contribution in [0.15, 0.2) is 18.2 Å². The Balaban J connectivity index is 0.00000264. The van der Waals surface area contributed by atoms with Crippen molar-refractivity contribution in [1.82, 2.24) is 10.2 Å². The first kappa shape index (κ1) is 20.4. The summed E-state index contributed by atoms with van der Waals surface area (Å²) in [5.41, 5.74) is 0. The Hall–Kier alpha value is -0.680. The Labute approximate surface area is 153 Å². The minimum atomic E-state index is 0. The number of likely N-dealkylation sites (tertiary alicyclic amines) is 1. The van der Waals surface area contributed by atoms with Gasteiger partial charge in [-0.25, -0.2) is 0 Å². The molecular formula is C16H23Cl3N2O2. The quantitative estimate of drug-likeness (QED) is 0.731. The third kappa shape index (κ3) is 5.71. The number of likely N-dealkylation sites (N-methyl/N-ethyl adjacent to an activating group) is 1. The molecule has 130 valence electrons. The summed E-state index contributed by atoms with van der Waals surface area (Å²) in [4.78, 5) is 14.2. The van der Waals surface area contributed by atoms with Crippen LogP contribution in [0, 0.1) is 0 Å². The highest BCUT2D eigenvalue weighted by molar-refractivity contribution is 6.42. The fourth-order valence-corrected chi connectivity index (χ4v) is 3.10. The molecular weight excluding hydrogens is 359 g/mol. The molecule has 1 N–H and O–H groups in total. The highest BCUT2D eigenvalue weighted by Gasteiger charge is 2.27. The van der Waals surface area contributed by atoms with Crippen LogP contribution in [0.3, 0.4) is 0 Å². The summed E-state index contributed by atoms with van der Waals surface area (Å²) < 4.78 is 5.61. The Morgan fingerprint density at radius 2 is 2.22 bits per heavy atom. The SMILES string of the molecule is CNCC1CCCN1C(=O)CCCOc1cccc(Cl)c1Cl.Cl. The van der Waals surface area contributed by atoms with Gasteiger partial charge >= 0.3 is 0 Å². The molecule has 7 heteroatoms. The lowest BCUT2D eigenvalue weighted by atomic mass is 10.2. The van der Waals surface area contributed by atoms with Gasteiger partial charge in [-0.3, -0.25) is 4.79 Å². The number of ether oxygens (including phenoxy) is 1. The number of carbonyl (C=O) groups excluding carboxylic acids is 1. The number of amides is 1. The van der Waals surface area contributed by atoms with Crippen molar-refractivity contribution in [2.75, 3.05) is 26.7 Å². The molecule has 1 aliphatic heterocycles. The molecule has 1 atom stereocenters. The first-order chi connectivity index (χ1) is 10.6. The van der Waals surface area contributed by atoms with Crippen LogP contribution in [0.1, 0.15) is 25.7 Å². The van der Waals surface area contributed by atoms with Gasteiger partial charge in [0.15, 0.2) is 0 Å². The summed E-state index contributed by atoms with van der Waals surface area (Å²) in [6.45, 7) is 2.18. The van der Waals surface area contributed by atoms with Crippen molar-refractivity contribution in [2.24, 2.45) is 0 Å². The van der Waals surface area contributed by atoms with E-state index in [9.17, 15) is 4.79 Å². The van der Waals surface area contributed by atoms with Gasteiger partial charge in [-0.1, -0.05) is 29.3 Å². The zero-order valence-electron chi connectivity index (χ0n) is 13.2. The second-order valence-electron chi connectivity index (χ2n) is 5.44. The molecule has 1 amide bonds. The van der Waals surface area contributed by atoms with Gasteiger partial charge in [-0.2, -0.15) is 0 Å². The Morgan fingerprint density at radius 3 is 2.96 bits per heavy atom. The highest BCUT2D eigenvalue weighted by Crippen LogP contribution is 2.31. The Kier molecular flexibility index (Phi) is 9.07. The number of rotatable bonds is 7. The van der Waals surface area contributed by atoms with Crippen molar-refractivity contribution >= 4 is 41.5 Å². The monoisotopic (exact) mass is 380 g/mol. The smallest absolute Gasteiger partial charge is 0.222 e. The third-order valence-electron chi connectivity index (χ3n) is 3.85.